The van der Waals surface area contributed by atoms with Crippen LogP contribution in [0.1, 0.15) is 84.0 Å². The van der Waals surface area contributed by atoms with Crippen LogP contribution in [-0.4, -0.2) is 76.9 Å². The molecule has 4 atom stereocenters. The van der Waals surface area contributed by atoms with Crippen molar-refractivity contribution in [2.75, 3.05) is 13.2 Å². The van der Waals surface area contributed by atoms with Gasteiger partial charge in [0.25, 0.3) is 5.91 Å². The minimum atomic E-state index is -5.10. The molecule has 0 aliphatic carbocycles. The van der Waals surface area contributed by atoms with Crippen LogP contribution in [0.2, 0.25) is 0 Å². The Balaban J connectivity index is 0. The van der Waals surface area contributed by atoms with E-state index in [0.29, 0.717) is 6.42 Å². The fraction of sp³-hybridized carbons (Fsp3) is 0.864. The molecule has 10 nitrogen and oxygen atoms in total. The minimum absolute atomic E-state index is 0. The van der Waals surface area contributed by atoms with Crippen molar-refractivity contribution in [3.05, 3.63) is 12.2 Å². The maximum atomic E-state index is 11.9. The zero-order chi connectivity index (χ0) is 25.1. The molecule has 0 aromatic carbocycles. The summed E-state index contributed by atoms with van der Waals surface area (Å²) >= 11 is 0. The Bertz CT molecular complexity index is 634. The van der Waals surface area contributed by atoms with Gasteiger partial charge in [-0.1, -0.05) is 64.0 Å². The average Bonchev–Trinajstić information content (AvgIpc) is 2.77. The monoisotopic (exact) mass is 519 g/mol. The minimum Gasteiger partial charge on any atom is -0.726 e. The molecule has 12 heteroatoms. The number of nitrogens with one attached hydrogen (secondary N) is 1. The second kappa shape index (κ2) is 22.1. The summed E-state index contributed by atoms with van der Waals surface area (Å²) in [6.45, 7) is 1.37. The van der Waals surface area contributed by atoms with E-state index in [4.69, 9.17) is 0 Å². The Morgan fingerprint density at radius 1 is 0.882 bits per heavy atom. The van der Waals surface area contributed by atoms with Crippen LogP contribution in [0, 0.1) is 0 Å². The molecule has 34 heavy (non-hydrogen) atoms. The predicted octanol–water partition coefficient (Wildman–Crippen LogP) is -1.72. The summed E-state index contributed by atoms with van der Waals surface area (Å²) in [4.78, 5) is 11.9. The second-order valence-corrected chi connectivity index (χ2v) is 9.26. The molecule has 196 valence electrons. The molecule has 0 aliphatic rings. The number of aliphatic hydroxyl groups excluding tert-OH is 4. The third-order valence-electron chi connectivity index (χ3n) is 5.21. The van der Waals surface area contributed by atoms with E-state index in [1.54, 1.807) is 0 Å². The maximum Gasteiger partial charge on any atom is 1.00 e. The first-order chi connectivity index (χ1) is 15.6. The number of allylic oxidation sites excluding steroid dienone is 2. The van der Waals surface area contributed by atoms with Gasteiger partial charge in [0.1, 0.15) is 18.3 Å². The molecule has 0 aromatic heterocycles. The number of unbranched alkanes of at least 4 members (excludes halogenated alkanes) is 10. The number of hydrogen-bond acceptors (Lipinski definition) is 9. The summed E-state index contributed by atoms with van der Waals surface area (Å²) < 4.78 is 34.8. The second-order valence-electron chi connectivity index (χ2n) is 8.21. The van der Waals surface area contributed by atoms with Crippen molar-refractivity contribution in [1.82, 2.24) is 5.32 Å². The van der Waals surface area contributed by atoms with Crippen molar-refractivity contribution in [2.45, 2.75) is 108 Å². The third kappa shape index (κ3) is 20.1. The first kappa shape index (κ1) is 36.1. The fourth-order valence-corrected chi connectivity index (χ4v) is 3.46. The van der Waals surface area contributed by atoms with Crippen molar-refractivity contribution in [3.8, 4) is 0 Å². The smallest absolute Gasteiger partial charge is 0.726 e. The molecule has 0 bridgehead atoms. The molecule has 5 N–H and O–H groups in total. The summed E-state index contributed by atoms with van der Waals surface area (Å²) in [6.07, 6.45) is 9.75. The van der Waals surface area contributed by atoms with Gasteiger partial charge in [-0.05, 0) is 32.1 Å². The van der Waals surface area contributed by atoms with Crippen LogP contribution in [-0.2, 0) is 19.4 Å². The van der Waals surface area contributed by atoms with Gasteiger partial charge < -0.3 is 30.3 Å². The molecule has 0 radical (unpaired) electrons. The van der Waals surface area contributed by atoms with Gasteiger partial charge in [0, 0.05) is 6.54 Å². The first-order valence-corrected chi connectivity index (χ1v) is 13.2. The summed E-state index contributed by atoms with van der Waals surface area (Å²) in [6, 6.07) is 0. The average molecular weight is 520 g/mol. The third-order valence-corrected chi connectivity index (χ3v) is 5.63. The van der Waals surface area contributed by atoms with Gasteiger partial charge in [-0.3, -0.25) is 8.98 Å². The van der Waals surface area contributed by atoms with Crippen LogP contribution in [0.3, 0.4) is 0 Å². The Labute approximate surface area is 226 Å². The van der Waals surface area contributed by atoms with Gasteiger partial charge in [0.15, 0.2) is 6.10 Å². The van der Waals surface area contributed by atoms with E-state index in [-0.39, 0.29) is 36.1 Å². The van der Waals surface area contributed by atoms with Gasteiger partial charge in [-0.2, -0.15) is 0 Å². The van der Waals surface area contributed by atoms with Gasteiger partial charge in [0.2, 0.25) is 10.4 Å². The molecular formula is C22H42NNaO9S. The molecule has 0 saturated carbocycles. The number of carbonyl (C=O) groups is 1. The summed E-state index contributed by atoms with van der Waals surface area (Å²) in [5.74, 6) is -0.941. The van der Waals surface area contributed by atoms with Crippen molar-refractivity contribution < 1.29 is 71.9 Å². The normalized spacial score (nSPS) is 15.5. The summed E-state index contributed by atoms with van der Waals surface area (Å²) in [5, 5.41) is 41.2. The van der Waals surface area contributed by atoms with Crippen LogP contribution in [0.25, 0.3) is 0 Å². The van der Waals surface area contributed by atoms with Gasteiger partial charge in [-0.25, -0.2) is 8.42 Å². The van der Waals surface area contributed by atoms with Crippen LogP contribution >= 0.6 is 0 Å². The van der Waals surface area contributed by atoms with Crippen molar-refractivity contribution in [3.63, 3.8) is 0 Å². The van der Waals surface area contributed by atoms with Crippen LogP contribution in [0.4, 0.5) is 0 Å². The zero-order valence-corrected chi connectivity index (χ0v) is 23.4. The van der Waals surface area contributed by atoms with E-state index < -0.39 is 47.3 Å². The fourth-order valence-electron chi connectivity index (χ4n) is 3.16. The zero-order valence-electron chi connectivity index (χ0n) is 20.6. The molecule has 0 rings (SSSR count). The molecule has 0 aromatic rings. The molecule has 0 saturated heterocycles. The van der Waals surface area contributed by atoms with E-state index in [0.717, 1.165) is 32.1 Å². The predicted molar refractivity (Wildman–Crippen MR) is 123 cm³/mol. The molecule has 0 unspecified atom stereocenters. The van der Waals surface area contributed by atoms with Crippen LogP contribution < -0.4 is 34.9 Å². The first-order valence-electron chi connectivity index (χ1n) is 11.8. The summed E-state index contributed by atoms with van der Waals surface area (Å²) in [5.41, 5.74) is 0. The van der Waals surface area contributed by atoms with E-state index >= 15 is 0 Å². The number of aliphatic hydroxyl groups is 4. The maximum absolute atomic E-state index is 11.9. The Morgan fingerprint density at radius 2 is 1.38 bits per heavy atom. The van der Waals surface area contributed by atoms with Crippen molar-refractivity contribution in [1.29, 1.82) is 0 Å². The topological polar surface area (TPSA) is 176 Å². The number of hydrogen-bond donors (Lipinski definition) is 5. The van der Waals surface area contributed by atoms with Gasteiger partial charge in [-0.15, -0.1) is 0 Å². The van der Waals surface area contributed by atoms with Crippen molar-refractivity contribution >= 4 is 16.3 Å². The molecule has 0 aliphatic heterocycles. The van der Waals surface area contributed by atoms with Gasteiger partial charge in [0.05, 0.1) is 6.61 Å². The van der Waals surface area contributed by atoms with E-state index in [9.17, 15) is 38.2 Å². The Morgan fingerprint density at radius 3 is 1.91 bits per heavy atom. The number of carbonyl (C=O) groups excluding carboxylic acids is 1. The Hall–Kier alpha value is -0.0800. The van der Waals surface area contributed by atoms with E-state index in [1.165, 1.54) is 38.5 Å². The standard InChI is InChI=1S/C22H43NO9S.Na/c1-2-3-4-5-6-7-8-9-10-11-12-13-14-15-16-23-22(28)21(27)20(26)19(25)18(24)17-32-33(29,30)31;/h9-10,18-21,24-27H,2-8,11-17H2,1H3,(H,23,28)(H,29,30,31);/q;+1/p-1/b10-9+;/t18-,19-,20+,21-;/m1./s1. The quantitative estimate of drug-likeness (QED) is 0.0388. The van der Waals surface area contributed by atoms with Crippen LogP contribution in [0.15, 0.2) is 12.2 Å². The molecule has 0 fully saturated rings. The molecular weight excluding hydrogens is 477 g/mol. The van der Waals surface area contributed by atoms with Crippen LogP contribution in [0.5, 0.6) is 0 Å². The largest absolute Gasteiger partial charge is 1.00 e. The number of amides is 1. The van der Waals surface area contributed by atoms with E-state index in [2.05, 4.69) is 28.6 Å². The molecule has 0 spiro atoms. The SMILES string of the molecule is CCCCCCCC/C=C/CCCCCCNC(=O)[C@H](O)[C@@H](O)[C@H](O)[C@H](O)COS(=O)(=O)[O-].[Na+]. The Kier molecular flexibility index (Phi) is 23.5. The summed E-state index contributed by atoms with van der Waals surface area (Å²) in [7, 11) is -5.10. The van der Waals surface area contributed by atoms with E-state index in [1.807, 2.05) is 0 Å². The van der Waals surface area contributed by atoms with Gasteiger partial charge >= 0.3 is 29.6 Å². The van der Waals surface area contributed by atoms with Crippen molar-refractivity contribution in [2.24, 2.45) is 0 Å². The molecule has 1 amide bonds. The molecule has 0 heterocycles. The number of rotatable bonds is 21.